The van der Waals surface area contributed by atoms with E-state index in [2.05, 4.69) is 0 Å². The maximum atomic E-state index is 12.6. The Balaban J connectivity index is 3.23. The highest BCUT2D eigenvalue weighted by molar-refractivity contribution is 7.89. The van der Waals surface area contributed by atoms with Crippen LogP contribution in [0.1, 0.15) is 42.6 Å². The van der Waals surface area contributed by atoms with Crippen molar-refractivity contribution in [1.82, 2.24) is 4.31 Å². The fraction of sp³-hybridized carbons (Fsp3) is 0.500. The Hall–Kier alpha value is -1.40. The molecule has 0 unspecified atom stereocenters. The molecule has 0 saturated carbocycles. The van der Waals surface area contributed by atoms with Crippen molar-refractivity contribution in [3.8, 4) is 0 Å². The van der Waals surface area contributed by atoms with Gasteiger partial charge in [0.2, 0.25) is 10.0 Å². The zero-order valence-electron chi connectivity index (χ0n) is 12.1. The maximum Gasteiger partial charge on any atom is 0.335 e. The maximum absolute atomic E-state index is 12.6. The van der Waals surface area contributed by atoms with Gasteiger partial charge in [0.25, 0.3) is 0 Å². The Morgan fingerprint density at radius 3 is 2.15 bits per heavy atom. The molecule has 112 valence electrons. The lowest BCUT2D eigenvalue weighted by atomic mass is 10.1. The molecule has 0 aromatic heterocycles. The molecular formula is C14H21NO4S. The lowest BCUT2D eigenvalue weighted by molar-refractivity contribution is 0.0696. The molecule has 5 nitrogen and oxygen atoms in total. The number of benzene rings is 1. The van der Waals surface area contributed by atoms with Gasteiger partial charge in [-0.25, -0.2) is 13.2 Å². The number of carbonyl (C=O) groups is 1. The minimum Gasteiger partial charge on any atom is -0.478 e. The van der Waals surface area contributed by atoms with Crippen molar-refractivity contribution in [2.45, 2.75) is 38.5 Å². The molecule has 6 heteroatoms. The fourth-order valence-corrected chi connectivity index (χ4v) is 3.89. The van der Waals surface area contributed by atoms with Gasteiger partial charge in [0.1, 0.15) is 0 Å². The molecule has 20 heavy (non-hydrogen) atoms. The van der Waals surface area contributed by atoms with Crippen LogP contribution in [0.2, 0.25) is 0 Å². The van der Waals surface area contributed by atoms with E-state index in [1.165, 1.54) is 22.5 Å². The highest BCUT2D eigenvalue weighted by Gasteiger charge is 2.25. The smallest absolute Gasteiger partial charge is 0.335 e. The molecule has 0 bridgehead atoms. The van der Waals surface area contributed by atoms with Crippen LogP contribution < -0.4 is 0 Å². The number of rotatable bonds is 7. The summed E-state index contributed by atoms with van der Waals surface area (Å²) in [5, 5.41) is 8.92. The Bertz CT molecular complexity index is 575. The van der Waals surface area contributed by atoms with Gasteiger partial charge in [-0.3, -0.25) is 0 Å². The molecule has 1 aromatic rings. The number of hydrogen-bond acceptors (Lipinski definition) is 3. The third-order valence-electron chi connectivity index (χ3n) is 2.99. The second-order valence-corrected chi connectivity index (χ2v) is 6.60. The van der Waals surface area contributed by atoms with Crippen molar-refractivity contribution in [3.63, 3.8) is 0 Å². The molecule has 0 fully saturated rings. The summed E-state index contributed by atoms with van der Waals surface area (Å²) < 4.78 is 26.6. The number of carboxylic acids is 1. The van der Waals surface area contributed by atoms with Crippen molar-refractivity contribution in [3.05, 3.63) is 29.3 Å². The normalized spacial score (nSPS) is 11.8. The average Bonchev–Trinajstić information content (AvgIpc) is 2.37. The molecule has 0 atom stereocenters. The van der Waals surface area contributed by atoms with Gasteiger partial charge in [0, 0.05) is 13.1 Å². The summed E-state index contributed by atoms with van der Waals surface area (Å²) >= 11 is 0. The third-order valence-corrected chi connectivity index (χ3v) is 5.04. The zero-order valence-corrected chi connectivity index (χ0v) is 12.9. The van der Waals surface area contributed by atoms with Gasteiger partial charge in [-0.15, -0.1) is 0 Å². The molecule has 0 heterocycles. The summed E-state index contributed by atoms with van der Waals surface area (Å²) in [5.41, 5.74) is 0.557. The van der Waals surface area contributed by atoms with E-state index in [4.69, 9.17) is 5.11 Å². The number of carboxylic acid groups (broad SMARTS) is 1. The van der Waals surface area contributed by atoms with Gasteiger partial charge in [-0.2, -0.15) is 4.31 Å². The summed E-state index contributed by atoms with van der Waals surface area (Å²) in [6, 6.07) is 4.11. The summed E-state index contributed by atoms with van der Waals surface area (Å²) in [6.45, 7) is 6.42. The van der Waals surface area contributed by atoms with E-state index in [9.17, 15) is 13.2 Å². The number of nitrogens with zero attached hydrogens (tertiary/aromatic N) is 1. The summed E-state index contributed by atoms with van der Waals surface area (Å²) in [6.07, 6.45) is 1.48. The summed E-state index contributed by atoms with van der Waals surface area (Å²) in [7, 11) is -3.56. The van der Waals surface area contributed by atoms with E-state index in [1.807, 2.05) is 13.8 Å². The number of aromatic carboxylic acids is 1. The number of aryl methyl sites for hydroxylation is 1. The number of hydrogen-bond donors (Lipinski definition) is 1. The largest absolute Gasteiger partial charge is 0.478 e. The molecule has 1 N–H and O–H groups in total. The molecule has 0 amide bonds. The monoisotopic (exact) mass is 299 g/mol. The molecular weight excluding hydrogens is 278 g/mol. The average molecular weight is 299 g/mol. The van der Waals surface area contributed by atoms with Crippen LogP contribution in [0.5, 0.6) is 0 Å². The van der Waals surface area contributed by atoms with Crippen molar-refractivity contribution in [1.29, 1.82) is 0 Å². The first-order valence-electron chi connectivity index (χ1n) is 6.68. The van der Waals surface area contributed by atoms with Gasteiger partial charge < -0.3 is 5.11 Å². The zero-order chi connectivity index (χ0) is 15.3. The van der Waals surface area contributed by atoms with Crippen LogP contribution in [-0.4, -0.2) is 36.9 Å². The second kappa shape index (κ2) is 6.85. The van der Waals surface area contributed by atoms with E-state index >= 15 is 0 Å². The molecule has 0 spiro atoms. The van der Waals surface area contributed by atoms with Crippen molar-refractivity contribution in [2.24, 2.45) is 0 Å². The molecule has 0 aliphatic heterocycles. The Kier molecular flexibility index (Phi) is 5.71. The van der Waals surface area contributed by atoms with Crippen LogP contribution in [-0.2, 0) is 10.0 Å². The van der Waals surface area contributed by atoms with E-state index in [-0.39, 0.29) is 10.5 Å². The van der Waals surface area contributed by atoms with Crippen molar-refractivity contribution in [2.75, 3.05) is 13.1 Å². The summed E-state index contributed by atoms with van der Waals surface area (Å²) in [4.78, 5) is 11.1. The Labute approximate surface area is 120 Å². The van der Waals surface area contributed by atoms with E-state index in [0.29, 0.717) is 18.7 Å². The van der Waals surface area contributed by atoms with E-state index in [1.54, 1.807) is 6.92 Å². The minimum absolute atomic E-state index is 0.0963. The van der Waals surface area contributed by atoms with Crippen LogP contribution in [0.4, 0.5) is 0 Å². The van der Waals surface area contributed by atoms with E-state index in [0.717, 1.165) is 12.8 Å². The van der Waals surface area contributed by atoms with Crippen molar-refractivity contribution >= 4 is 16.0 Å². The SMILES string of the molecule is CCCN(CCC)S(=O)(=O)c1ccc(C(=O)O)cc1C. The van der Waals surface area contributed by atoms with Gasteiger partial charge in [0.15, 0.2) is 0 Å². The first kappa shape index (κ1) is 16.7. The Morgan fingerprint density at radius 1 is 1.20 bits per heavy atom. The summed E-state index contributed by atoms with van der Waals surface area (Å²) in [5.74, 6) is -1.06. The first-order chi connectivity index (χ1) is 9.34. The van der Waals surface area contributed by atoms with Gasteiger partial charge in [-0.05, 0) is 43.5 Å². The molecule has 1 rings (SSSR count). The molecule has 0 aliphatic rings. The van der Waals surface area contributed by atoms with Gasteiger partial charge >= 0.3 is 5.97 Å². The molecule has 0 saturated heterocycles. The van der Waals surface area contributed by atoms with Gasteiger partial charge in [0.05, 0.1) is 10.5 Å². The first-order valence-corrected chi connectivity index (χ1v) is 8.12. The van der Waals surface area contributed by atoms with Crippen LogP contribution in [0.25, 0.3) is 0 Å². The predicted molar refractivity (Wildman–Crippen MR) is 77.5 cm³/mol. The van der Waals surface area contributed by atoms with Crippen LogP contribution in [0.15, 0.2) is 23.1 Å². The highest BCUT2D eigenvalue weighted by atomic mass is 32.2. The lowest BCUT2D eigenvalue weighted by Gasteiger charge is -2.22. The standard InChI is InChI=1S/C14H21NO4S/c1-4-8-15(9-5-2)20(18,19)13-7-6-12(14(16)17)10-11(13)3/h6-7,10H,4-5,8-9H2,1-3H3,(H,16,17). The van der Waals surface area contributed by atoms with Crippen LogP contribution >= 0.6 is 0 Å². The Morgan fingerprint density at radius 2 is 1.75 bits per heavy atom. The molecule has 0 aliphatic carbocycles. The highest BCUT2D eigenvalue weighted by Crippen LogP contribution is 2.21. The third kappa shape index (κ3) is 3.58. The topological polar surface area (TPSA) is 74.7 Å². The predicted octanol–water partition coefficient (Wildman–Crippen LogP) is 2.50. The lowest BCUT2D eigenvalue weighted by Crippen LogP contribution is -2.33. The molecule has 0 radical (unpaired) electrons. The van der Waals surface area contributed by atoms with E-state index < -0.39 is 16.0 Å². The second-order valence-electron chi connectivity index (χ2n) is 4.69. The molecule has 1 aromatic carbocycles. The van der Waals surface area contributed by atoms with Crippen LogP contribution in [0.3, 0.4) is 0 Å². The fourth-order valence-electron chi connectivity index (χ4n) is 2.06. The van der Waals surface area contributed by atoms with Crippen LogP contribution in [0, 0.1) is 6.92 Å². The van der Waals surface area contributed by atoms with Gasteiger partial charge in [-0.1, -0.05) is 13.8 Å². The quantitative estimate of drug-likeness (QED) is 0.839. The number of sulfonamides is 1. The minimum atomic E-state index is -3.56. The van der Waals surface area contributed by atoms with Crippen molar-refractivity contribution < 1.29 is 18.3 Å².